The van der Waals surface area contributed by atoms with E-state index in [0.717, 1.165) is 56.1 Å². The normalized spacial score (nSPS) is 22.8. The van der Waals surface area contributed by atoms with Gasteiger partial charge in [-0.2, -0.15) is 0 Å². The lowest BCUT2D eigenvalue weighted by Crippen LogP contribution is -2.53. The van der Waals surface area contributed by atoms with E-state index in [1.54, 1.807) is 19.4 Å². The number of hydrogen-bond acceptors (Lipinski definition) is 11. The average Bonchev–Trinajstić information content (AvgIpc) is 3.39. The van der Waals surface area contributed by atoms with E-state index in [0.29, 0.717) is 12.2 Å². The highest BCUT2D eigenvalue weighted by atomic mass is 32.2. The van der Waals surface area contributed by atoms with Gasteiger partial charge in [-0.1, -0.05) is 37.3 Å². The molecule has 0 fully saturated rings. The fourth-order valence-electron chi connectivity index (χ4n) is 6.39. The number of aromatic nitrogens is 1. The monoisotopic (exact) mass is 687 g/mol. The zero-order valence-corrected chi connectivity index (χ0v) is 27.8. The van der Waals surface area contributed by atoms with Gasteiger partial charge in [0, 0.05) is 31.2 Å². The predicted molar refractivity (Wildman–Crippen MR) is 176 cm³/mol. The van der Waals surface area contributed by atoms with Gasteiger partial charge >= 0.3 is 17.9 Å². The molecular formula is C33H45N5O9S. The molecule has 2 amide bonds. The van der Waals surface area contributed by atoms with E-state index in [1.165, 1.54) is 17.3 Å². The van der Waals surface area contributed by atoms with Gasteiger partial charge in [0.25, 0.3) is 0 Å². The first-order chi connectivity index (χ1) is 23.1. The molecule has 48 heavy (non-hydrogen) atoms. The number of carboxylic acids is 2. The van der Waals surface area contributed by atoms with Crippen LogP contribution in [0.2, 0.25) is 0 Å². The van der Waals surface area contributed by atoms with E-state index in [1.807, 2.05) is 23.5 Å². The Morgan fingerprint density at radius 3 is 2.44 bits per heavy atom. The summed E-state index contributed by atoms with van der Waals surface area (Å²) in [4.78, 5) is 66.3. The number of aliphatic hydroxyl groups is 1. The summed E-state index contributed by atoms with van der Waals surface area (Å²) in [5.74, 6) is -4.41. The summed E-state index contributed by atoms with van der Waals surface area (Å²) in [5.41, 5.74) is 3.29. The van der Waals surface area contributed by atoms with Crippen LogP contribution in [0.3, 0.4) is 0 Å². The van der Waals surface area contributed by atoms with Gasteiger partial charge < -0.3 is 36.0 Å². The third-order valence-corrected chi connectivity index (χ3v) is 10.2. The van der Waals surface area contributed by atoms with Crippen molar-refractivity contribution < 1.29 is 44.0 Å². The summed E-state index contributed by atoms with van der Waals surface area (Å²) >= 11 is 1.33. The highest BCUT2D eigenvalue weighted by Gasteiger charge is 2.44. The Balaban J connectivity index is 1.53. The van der Waals surface area contributed by atoms with Gasteiger partial charge in [-0.05, 0) is 68.3 Å². The molecule has 1 aromatic heterocycles. The Kier molecular flexibility index (Phi) is 14.0. The maximum atomic E-state index is 13.3. The molecule has 15 heteroatoms. The van der Waals surface area contributed by atoms with Crippen molar-refractivity contribution in [1.82, 2.24) is 26.3 Å². The third-order valence-electron chi connectivity index (χ3n) is 8.79. The lowest BCUT2D eigenvalue weighted by Gasteiger charge is -2.30. The number of nitrogens with one attached hydrogen (secondary N) is 4. The van der Waals surface area contributed by atoms with Crippen LogP contribution >= 0.6 is 11.8 Å². The fourth-order valence-corrected chi connectivity index (χ4v) is 7.72. The summed E-state index contributed by atoms with van der Waals surface area (Å²) in [5, 5.41) is 38.2. The Morgan fingerprint density at radius 2 is 1.75 bits per heavy atom. The number of hydrogen-bond donors (Lipinski definition) is 7. The number of thioether (sulfide) groups is 1. The van der Waals surface area contributed by atoms with Gasteiger partial charge in [0.15, 0.2) is 0 Å². The van der Waals surface area contributed by atoms with Gasteiger partial charge in [-0.15, -0.1) is 11.8 Å². The zero-order valence-electron chi connectivity index (χ0n) is 27.0. The molecule has 0 bridgehead atoms. The minimum absolute atomic E-state index is 0.0122. The first kappa shape index (κ1) is 37.0. The van der Waals surface area contributed by atoms with E-state index in [2.05, 4.69) is 20.9 Å². The molecule has 0 aromatic carbocycles. The molecule has 3 aliphatic rings. The summed E-state index contributed by atoms with van der Waals surface area (Å²) in [7, 11) is 1.64. The molecular weight excluding hydrogens is 642 g/mol. The Morgan fingerprint density at radius 1 is 1.02 bits per heavy atom. The average molecular weight is 688 g/mol. The number of aliphatic hydroxyl groups excluding tert-OH is 1. The van der Waals surface area contributed by atoms with Crippen molar-refractivity contribution >= 4 is 41.5 Å². The van der Waals surface area contributed by atoms with Gasteiger partial charge in [-0.25, -0.2) is 4.79 Å². The van der Waals surface area contributed by atoms with Gasteiger partial charge in [-0.3, -0.25) is 29.5 Å². The van der Waals surface area contributed by atoms with E-state index in [-0.39, 0.29) is 42.4 Å². The Labute approximate surface area is 283 Å². The Hall–Kier alpha value is -3.79. The first-order valence-electron chi connectivity index (χ1n) is 16.3. The number of esters is 1. The number of carbonyl (C=O) groups is 5. The number of carbonyl (C=O) groups excluding carboxylic acids is 3. The smallest absolute Gasteiger partial charge is 0.353 e. The molecule has 0 saturated heterocycles. The summed E-state index contributed by atoms with van der Waals surface area (Å²) in [6.45, 7) is 0.209. The first-order valence-corrected chi connectivity index (χ1v) is 17.4. The molecule has 2 aliphatic carbocycles. The van der Waals surface area contributed by atoms with Crippen molar-refractivity contribution in [2.24, 2.45) is 11.8 Å². The standard InChI is InChI=1S/C33H45N5O9S/c1-34-18-36-23(31(42)43)8-9-26(39)37-24(29(40)38-30(41)32(44)45)17-48-25-7-5-3-2-4-6-21-15-20(14-19-10-12-35-13-11-19)16-22-27(21)28(25)47-33(22)46/h10-13,16,21-25,30,34,36,41H,2-9,14-15,17-18H2,1H3,(H,37,39)(H,38,40)(H,42,43)(H,44,45)/t21-,22+,23-,24-,25+,30-/m0/s1. The van der Waals surface area contributed by atoms with E-state index in [9.17, 15) is 34.2 Å². The molecule has 6 atom stereocenters. The van der Waals surface area contributed by atoms with Gasteiger partial charge in [0.1, 0.15) is 23.8 Å². The van der Waals surface area contributed by atoms with Crippen LogP contribution in [0, 0.1) is 11.8 Å². The number of ether oxygens (including phenoxy) is 1. The molecule has 0 saturated carbocycles. The molecule has 14 nitrogen and oxygen atoms in total. The molecule has 2 heterocycles. The van der Waals surface area contributed by atoms with Crippen LogP contribution in [0.5, 0.6) is 0 Å². The number of carboxylic acid groups (broad SMARTS) is 2. The maximum Gasteiger partial charge on any atom is 0.353 e. The van der Waals surface area contributed by atoms with Crippen molar-refractivity contribution in [2.75, 3.05) is 19.5 Å². The van der Waals surface area contributed by atoms with Crippen LogP contribution in [0.4, 0.5) is 0 Å². The number of allylic oxidation sites excluding steroid dienone is 1. The van der Waals surface area contributed by atoms with E-state index in [4.69, 9.17) is 9.84 Å². The molecule has 7 N–H and O–H groups in total. The topological polar surface area (TPSA) is 216 Å². The second-order valence-corrected chi connectivity index (χ2v) is 13.6. The quantitative estimate of drug-likeness (QED) is 0.0745. The van der Waals surface area contributed by atoms with Gasteiger partial charge in [0.05, 0.1) is 5.25 Å². The minimum Gasteiger partial charge on any atom is -0.480 e. The second-order valence-electron chi connectivity index (χ2n) is 12.3. The van der Waals surface area contributed by atoms with E-state index >= 15 is 0 Å². The summed E-state index contributed by atoms with van der Waals surface area (Å²) < 4.78 is 6.00. The third kappa shape index (κ3) is 10.4. The lowest BCUT2D eigenvalue weighted by atomic mass is 9.74. The van der Waals surface area contributed by atoms with Crippen LogP contribution in [0.25, 0.3) is 0 Å². The highest BCUT2D eigenvalue weighted by molar-refractivity contribution is 8.00. The number of amides is 2. The van der Waals surface area contributed by atoms with Crippen LogP contribution in [-0.2, 0) is 35.1 Å². The van der Waals surface area contributed by atoms with Crippen molar-refractivity contribution in [3.05, 3.63) is 53.1 Å². The Bertz CT molecular complexity index is 1390. The maximum absolute atomic E-state index is 13.3. The number of aliphatic carboxylic acids is 2. The molecule has 4 rings (SSSR count). The van der Waals surface area contributed by atoms with Crippen molar-refractivity contribution in [2.45, 2.75) is 87.8 Å². The largest absolute Gasteiger partial charge is 0.480 e. The predicted octanol–water partition coefficient (Wildman–Crippen LogP) is 1.46. The van der Waals surface area contributed by atoms with Crippen LogP contribution in [-0.4, -0.2) is 93.1 Å². The summed E-state index contributed by atoms with van der Waals surface area (Å²) in [6.07, 6.45) is 10.1. The minimum atomic E-state index is -2.18. The molecule has 262 valence electrons. The molecule has 0 spiro atoms. The van der Waals surface area contributed by atoms with Crippen LogP contribution < -0.4 is 21.3 Å². The van der Waals surface area contributed by atoms with Crippen molar-refractivity contribution in [3.8, 4) is 0 Å². The fraction of sp³-hybridized carbons (Fsp3) is 0.576. The van der Waals surface area contributed by atoms with Crippen LogP contribution in [0.15, 0.2) is 47.5 Å². The van der Waals surface area contributed by atoms with Crippen molar-refractivity contribution in [1.29, 1.82) is 0 Å². The van der Waals surface area contributed by atoms with Gasteiger partial charge in [0.2, 0.25) is 18.0 Å². The summed E-state index contributed by atoms with van der Waals surface area (Å²) in [6, 6.07) is 1.67. The second kappa shape index (κ2) is 18.1. The molecule has 1 aliphatic heterocycles. The lowest BCUT2D eigenvalue weighted by molar-refractivity contribution is -0.151. The molecule has 0 radical (unpaired) electrons. The number of pyridine rings is 1. The highest BCUT2D eigenvalue weighted by Crippen LogP contribution is 2.47. The number of rotatable bonds is 16. The zero-order chi connectivity index (χ0) is 34.6. The van der Waals surface area contributed by atoms with Crippen LogP contribution in [0.1, 0.15) is 63.4 Å². The molecule has 1 aromatic rings. The SMILES string of the molecule is CNCN[C@@H](CCC(=O)N[C@@H](CS[C@@H]1CCCCCC[C@H]2CC(Cc3ccncc3)=C[C@H]3C(=O)OC1=C23)C(=O)N[C@@H](O)C(=O)O)C(=O)O. The molecule has 0 unspecified atom stereocenters. The number of nitrogens with zero attached hydrogens (tertiary/aromatic N) is 1. The van der Waals surface area contributed by atoms with E-state index < -0.39 is 48.0 Å². The van der Waals surface area contributed by atoms with Crippen molar-refractivity contribution in [3.63, 3.8) is 0 Å².